The lowest BCUT2D eigenvalue weighted by Gasteiger charge is -2.10. The van der Waals surface area contributed by atoms with Crippen LogP contribution in [-0.4, -0.2) is 28.2 Å². The topological polar surface area (TPSA) is 92.4 Å². The molecule has 6 nitrogen and oxygen atoms in total. The van der Waals surface area contributed by atoms with Crippen LogP contribution in [0.25, 0.3) is 11.3 Å². The number of carboxylic acid groups (broad SMARTS) is 1. The van der Waals surface area contributed by atoms with Gasteiger partial charge in [0.25, 0.3) is 5.91 Å². The predicted octanol–water partition coefficient (Wildman–Crippen LogP) is 2.10. The third-order valence-electron chi connectivity index (χ3n) is 2.81. The van der Waals surface area contributed by atoms with Gasteiger partial charge in [0.2, 0.25) is 0 Å². The number of aromatic nitrogens is 1. The quantitative estimate of drug-likeness (QED) is 0.793. The van der Waals surface area contributed by atoms with Gasteiger partial charge in [-0.05, 0) is 6.42 Å². The predicted molar refractivity (Wildman–Crippen MR) is 75.6 cm³/mol. The molecule has 0 fully saturated rings. The Balaban J connectivity index is 2.12. The zero-order valence-electron chi connectivity index (χ0n) is 11.2. The summed E-state index contributed by atoms with van der Waals surface area (Å²) in [6.45, 7) is 3.46. The molecule has 0 saturated heterocycles. The normalized spacial score (nSPS) is 11.6. The van der Waals surface area contributed by atoms with E-state index in [1.807, 2.05) is 30.3 Å². The van der Waals surface area contributed by atoms with Gasteiger partial charge in [-0.1, -0.05) is 41.6 Å². The lowest BCUT2D eigenvalue weighted by atomic mass is 10.1. The van der Waals surface area contributed by atoms with Gasteiger partial charge < -0.3 is 14.9 Å². The van der Waals surface area contributed by atoms with Crippen LogP contribution in [0.4, 0.5) is 0 Å². The average molecular weight is 286 g/mol. The molecule has 1 unspecified atom stereocenters. The van der Waals surface area contributed by atoms with Crippen LogP contribution in [-0.2, 0) is 4.79 Å². The van der Waals surface area contributed by atoms with E-state index in [0.717, 1.165) is 5.56 Å². The molecule has 1 heterocycles. The van der Waals surface area contributed by atoms with E-state index in [-0.39, 0.29) is 12.1 Å². The number of carboxylic acids is 1. The molecule has 0 aliphatic carbocycles. The van der Waals surface area contributed by atoms with E-state index in [9.17, 15) is 9.59 Å². The Hall–Kier alpha value is -2.89. The monoisotopic (exact) mass is 286 g/mol. The molecule has 21 heavy (non-hydrogen) atoms. The Morgan fingerprint density at radius 1 is 1.38 bits per heavy atom. The minimum absolute atomic E-state index is 0.0316. The maximum absolute atomic E-state index is 11.9. The SMILES string of the molecule is C=CCC(NC(=O)c1cc(-c2ccccc2)on1)C(=O)O. The molecule has 108 valence electrons. The summed E-state index contributed by atoms with van der Waals surface area (Å²) in [4.78, 5) is 22.9. The van der Waals surface area contributed by atoms with Crippen LogP contribution in [0.1, 0.15) is 16.9 Å². The van der Waals surface area contributed by atoms with Crippen LogP contribution in [0.2, 0.25) is 0 Å². The number of benzene rings is 1. The van der Waals surface area contributed by atoms with Gasteiger partial charge in [-0.3, -0.25) is 4.79 Å². The standard InChI is InChI=1S/C15H14N2O4/c1-2-6-11(15(19)20)16-14(18)12-9-13(21-17-12)10-7-4-3-5-8-10/h2-5,7-9,11H,1,6H2,(H,16,18)(H,19,20). The Labute approximate surface area is 121 Å². The molecule has 1 aromatic carbocycles. The van der Waals surface area contributed by atoms with Crippen molar-refractivity contribution in [1.29, 1.82) is 0 Å². The minimum atomic E-state index is -1.13. The third-order valence-corrected chi connectivity index (χ3v) is 2.81. The first-order valence-electron chi connectivity index (χ1n) is 6.28. The fourth-order valence-corrected chi connectivity index (χ4v) is 1.74. The van der Waals surface area contributed by atoms with Crippen molar-refractivity contribution in [2.24, 2.45) is 0 Å². The third kappa shape index (κ3) is 3.56. The summed E-state index contributed by atoms with van der Waals surface area (Å²) >= 11 is 0. The first-order valence-corrected chi connectivity index (χ1v) is 6.28. The van der Waals surface area contributed by atoms with Crippen molar-refractivity contribution < 1.29 is 19.2 Å². The number of amides is 1. The molecule has 1 amide bonds. The van der Waals surface area contributed by atoms with E-state index in [1.165, 1.54) is 12.1 Å². The van der Waals surface area contributed by atoms with Crippen molar-refractivity contribution in [3.05, 3.63) is 54.7 Å². The van der Waals surface area contributed by atoms with Crippen LogP contribution in [0.5, 0.6) is 0 Å². The highest BCUT2D eigenvalue weighted by atomic mass is 16.5. The van der Waals surface area contributed by atoms with Gasteiger partial charge in [0.1, 0.15) is 6.04 Å². The molecule has 0 spiro atoms. The second-order valence-electron chi connectivity index (χ2n) is 4.33. The summed E-state index contributed by atoms with van der Waals surface area (Å²) in [5.41, 5.74) is 0.814. The second kappa shape index (κ2) is 6.51. The summed E-state index contributed by atoms with van der Waals surface area (Å²) < 4.78 is 5.10. The molecular formula is C15H14N2O4. The number of nitrogens with zero attached hydrogens (tertiary/aromatic N) is 1. The summed E-state index contributed by atoms with van der Waals surface area (Å²) in [6, 6.07) is 9.61. The number of carbonyl (C=O) groups excluding carboxylic acids is 1. The maximum atomic E-state index is 11.9. The van der Waals surface area contributed by atoms with Gasteiger partial charge in [0.15, 0.2) is 11.5 Å². The number of hydrogen-bond acceptors (Lipinski definition) is 4. The summed E-state index contributed by atoms with van der Waals surface area (Å²) in [5, 5.41) is 15.0. The first-order chi connectivity index (χ1) is 10.1. The maximum Gasteiger partial charge on any atom is 0.326 e. The zero-order valence-corrected chi connectivity index (χ0v) is 11.2. The minimum Gasteiger partial charge on any atom is -0.480 e. The zero-order chi connectivity index (χ0) is 15.2. The molecule has 0 saturated carbocycles. The summed E-state index contributed by atoms with van der Waals surface area (Å²) in [5.74, 6) is -1.29. The molecule has 0 radical (unpaired) electrons. The van der Waals surface area contributed by atoms with Gasteiger partial charge in [-0.25, -0.2) is 4.79 Å². The van der Waals surface area contributed by atoms with Gasteiger partial charge in [0, 0.05) is 11.6 Å². The lowest BCUT2D eigenvalue weighted by Crippen LogP contribution is -2.40. The Morgan fingerprint density at radius 3 is 2.71 bits per heavy atom. The Morgan fingerprint density at radius 2 is 2.10 bits per heavy atom. The molecule has 0 aliphatic rings. The summed E-state index contributed by atoms with van der Waals surface area (Å²) in [7, 11) is 0. The van der Waals surface area contributed by atoms with Gasteiger partial charge in [0.05, 0.1) is 0 Å². The first kappa shape index (κ1) is 14.5. The van der Waals surface area contributed by atoms with Crippen LogP contribution in [0.15, 0.2) is 53.6 Å². The largest absolute Gasteiger partial charge is 0.480 e. The number of nitrogens with one attached hydrogen (secondary N) is 1. The molecule has 2 aromatic rings. The number of rotatable bonds is 6. The van der Waals surface area contributed by atoms with Crippen molar-refractivity contribution >= 4 is 11.9 Å². The highest BCUT2D eigenvalue weighted by Gasteiger charge is 2.21. The van der Waals surface area contributed by atoms with Crippen molar-refractivity contribution in [3.8, 4) is 11.3 Å². The highest BCUT2D eigenvalue weighted by Crippen LogP contribution is 2.19. The van der Waals surface area contributed by atoms with Crippen LogP contribution >= 0.6 is 0 Å². The van der Waals surface area contributed by atoms with Crippen LogP contribution < -0.4 is 5.32 Å². The van der Waals surface area contributed by atoms with E-state index in [0.29, 0.717) is 5.76 Å². The van der Waals surface area contributed by atoms with Crippen molar-refractivity contribution in [1.82, 2.24) is 10.5 Å². The Kier molecular flexibility index (Phi) is 4.50. The van der Waals surface area contributed by atoms with E-state index in [1.54, 1.807) is 0 Å². The molecule has 0 bridgehead atoms. The average Bonchev–Trinajstić information content (AvgIpc) is 2.97. The van der Waals surface area contributed by atoms with Crippen LogP contribution in [0.3, 0.4) is 0 Å². The smallest absolute Gasteiger partial charge is 0.326 e. The van der Waals surface area contributed by atoms with E-state index >= 15 is 0 Å². The number of carbonyl (C=O) groups is 2. The molecule has 1 atom stereocenters. The van der Waals surface area contributed by atoms with Crippen molar-refractivity contribution in [2.45, 2.75) is 12.5 Å². The molecule has 1 aromatic heterocycles. The highest BCUT2D eigenvalue weighted by molar-refractivity contribution is 5.95. The van der Waals surface area contributed by atoms with Crippen molar-refractivity contribution in [2.75, 3.05) is 0 Å². The molecule has 2 rings (SSSR count). The molecule has 6 heteroatoms. The van der Waals surface area contributed by atoms with Gasteiger partial charge in [-0.2, -0.15) is 0 Å². The van der Waals surface area contributed by atoms with Gasteiger partial charge in [-0.15, -0.1) is 6.58 Å². The fraction of sp³-hybridized carbons (Fsp3) is 0.133. The number of aliphatic carboxylic acids is 1. The fourth-order valence-electron chi connectivity index (χ4n) is 1.74. The Bertz CT molecular complexity index is 649. The molecule has 0 aliphatic heterocycles. The van der Waals surface area contributed by atoms with E-state index < -0.39 is 17.9 Å². The number of hydrogen-bond donors (Lipinski definition) is 2. The van der Waals surface area contributed by atoms with Crippen LogP contribution in [0, 0.1) is 0 Å². The van der Waals surface area contributed by atoms with E-state index in [2.05, 4.69) is 17.1 Å². The second-order valence-corrected chi connectivity index (χ2v) is 4.33. The molecular weight excluding hydrogens is 272 g/mol. The molecule has 2 N–H and O–H groups in total. The van der Waals surface area contributed by atoms with Gasteiger partial charge >= 0.3 is 5.97 Å². The summed E-state index contributed by atoms with van der Waals surface area (Å²) in [6.07, 6.45) is 1.56. The van der Waals surface area contributed by atoms with E-state index in [4.69, 9.17) is 9.63 Å². The van der Waals surface area contributed by atoms with Crippen molar-refractivity contribution in [3.63, 3.8) is 0 Å². The lowest BCUT2D eigenvalue weighted by molar-refractivity contribution is -0.139.